The fourth-order valence-corrected chi connectivity index (χ4v) is 5.33. The van der Waals surface area contributed by atoms with Crippen LogP contribution in [0.4, 0.5) is 10.5 Å². The lowest BCUT2D eigenvalue weighted by atomic mass is 9.75. The van der Waals surface area contributed by atoms with E-state index in [9.17, 15) is 9.59 Å². The number of halogens is 2. The number of H-pyrrole nitrogens is 1. The molecule has 190 valence electrons. The molecule has 1 aliphatic carbocycles. The molecule has 1 aliphatic heterocycles. The number of amides is 3. The molecule has 3 aromatic rings. The molecular weight excluding hydrogens is 513 g/mol. The highest BCUT2D eigenvalue weighted by Gasteiger charge is 2.50. The Hall–Kier alpha value is -3.69. The monoisotopic (exact) mass is 537 g/mol. The van der Waals surface area contributed by atoms with E-state index in [1.807, 2.05) is 42.5 Å². The summed E-state index contributed by atoms with van der Waals surface area (Å²) in [5, 5.41) is 21.1. The first-order valence-electron chi connectivity index (χ1n) is 12.0. The van der Waals surface area contributed by atoms with E-state index in [1.54, 1.807) is 29.2 Å². The Balaban J connectivity index is 1.55. The second-order valence-electron chi connectivity index (χ2n) is 9.03. The highest BCUT2D eigenvalue weighted by atomic mass is 35.5. The van der Waals surface area contributed by atoms with E-state index in [1.165, 1.54) is 0 Å². The van der Waals surface area contributed by atoms with Crippen molar-refractivity contribution in [3.8, 4) is 0 Å². The van der Waals surface area contributed by atoms with Crippen LogP contribution in [0.2, 0.25) is 10.0 Å². The number of aromatic nitrogens is 4. The van der Waals surface area contributed by atoms with Crippen molar-refractivity contribution in [1.82, 2.24) is 30.8 Å². The van der Waals surface area contributed by atoms with Gasteiger partial charge < -0.3 is 15.5 Å². The lowest BCUT2D eigenvalue weighted by molar-refractivity contribution is -0.137. The van der Waals surface area contributed by atoms with Crippen LogP contribution in [0.15, 0.2) is 66.8 Å². The first-order valence-corrected chi connectivity index (χ1v) is 12.7. The number of carbonyl (C=O) groups is 2. The van der Waals surface area contributed by atoms with Gasteiger partial charge in [0, 0.05) is 28.8 Å². The van der Waals surface area contributed by atoms with Gasteiger partial charge in [-0.05, 0) is 54.7 Å². The SMILES string of the molecule is O=C(Nc1cc(Cl)cc(Cl)c1)NC1(C(=O)N2CCCCC2)C=CC(c2ccccc2)=CC1c1nn[nH]n1. The van der Waals surface area contributed by atoms with Gasteiger partial charge in [0.2, 0.25) is 0 Å². The first kappa shape index (κ1) is 25.0. The van der Waals surface area contributed by atoms with Crippen LogP contribution in [0.5, 0.6) is 0 Å². The third-order valence-electron chi connectivity index (χ3n) is 6.55. The molecule has 2 atom stereocenters. The Labute approximate surface area is 223 Å². The standard InChI is InChI=1S/C26H25Cl2N7O2/c27-19-14-20(28)16-21(15-19)29-25(37)30-26(24(36)35-11-5-2-6-12-35)10-9-18(17-7-3-1-4-8-17)13-22(26)23-31-33-34-32-23/h1,3-4,7-10,13-16,22H,2,5-6,11-12H2,(H2,29,30,37)(H,31,32,33,34). The van der Waals surface area contributed by atoms with Crippen molar-refractivity contribution in [2.24, 2.45) is 0 Å². The van der Waals surface area contributed by atoms with Gasteiger partial charge in [-0.15, -0.1) is 10.2 Å². The molecule has 2 heterocycles. The third-order valence-corrected chi connectivity index (χ3v) is 6.98. The molecular formula is C26H25Cl2N7O2. The predicted octanol–water partition coefficient (Wildman–Crippen LogP) is 4.82. The van der Waals surface area contributed by atoms with Crippen LogP contribution >= 0.6 is 23.2 Å². The summed E-state index contributed by atoms with van der Waals surface area (Å²) in [6, 6.07) is 13.9. The summed E-state index contributed by atoms with van der Waals surface area (Å²) in [6.45, 7) is 1.21. The van der Waals surface area contributed by atoms with Gasteiger partial charge >= 0.3 is 6.03 Å². The van der Waals surface area contributed by atoms with Crippen molar-refractivity contribution >= 4 is 46.4 Å². The largest absolute Gasteiger partial charge is 0.340 e. The summed E-state index contributed by atoms with van der Waals surface area (Å²) >= 11 is 12.2. The number of likely N-dealkylation sites (tertiary alicyclic amines) is 1. The number of hydrogen-bond donors (Lipinski definition) is 3. The van der Waals surface area contributed by atoms with Crippen molar-refractivity contribution in [2.45, 2.75) is 30.7 Å². The van der Waals surface area contributed by atoms with Gasteiger partial charge in [-0.1, -0.05) is 70.9 Å². The minimum absolute atomic E-state index is 0.235. The van der Waals surface area contributed by atoms with E-state index >= 15 is 0 Å². The topological polar surface area (TPSA) is 116 Å². The van der Waals surface area contributed by atoms with Crippen molar-refractivity contribution in [1.29, 1.82) is 0 Å². The fourth-order valence-electron chi connectivity index (χ4n) is 4.81. The third kappa shape index (κ3) is 5.38. The summed E-state index contributed by atoms with van der Waals surface area (Å²) in [4.78, 5) is 29.3. The molecule has 1 saturated heterocycles. The van der Waals surface area contributed by atoms with Gasteiger partial charge in [-0.3, -0.25) is 4.79 Å². The van der Waals surface area contributed by atoms with Crippen LogP contribution < -0.4 is 10.6 Å². The Morgan fingerprint density at radius 3 is 2.43 bits per heavy atom. The van der Waals surface area contributed by atoms with Crippen LogP contribution in [-0.4, -0.2) is 56.1 Å². The molecule has 2 aromatic carbocycles. The maximum Gasteiger partial charge on any atom is 0.320 e. The van der Waals surface area contributed by atoms with Gasteiger partial charge in [0.1, 0.15) is 0 Å². The van der Waals surface area contributed by atoms with Gasteiger partial charge in [0.25, 0.3) is 5.91 Å². The maximum absolute atomic E-state index is 14.2. The lowest BCUT2D eigenvalue weighted by Crippen LogP contribution is -2.63. The number of allylic oxidation sites excluding steroid dienone is 2. The first-order chi connectivity index (χ1) is 17.9. The van der Waals surface area contributed by atoms with E-state index in [2.05, 4.69) is 31.3 Å². The van der Waals surface area contributed by atoms with E-state index in [-0.39, 0.29) is 11.7 Å². The number of aromatic amines is 1. The number of piperidine rings is 1. The average Bonchev–Trinajstić information content (AvgIpc) is 3.43. The van der Waals surface area contributed by atoms with E-state index < -0.39 is 17.5 Å². The minimum atomic E-state index is -1.49. The van der Waals surface area contributed by atoms with E-state index in [4.69, 9.17) is 23.2 Å². The fraction of sp³-hybridized carbons (Fsp3) is 0.269. The lowest BCUT2D eigenvalue weighted by Gasteiger charge is -2.41. The zero-order valence-corrected chi connectivity index (χ0v) is 21.3. The Bertz CT molecular complexity index is 1320. The van der Waals surface area contributed by atoms with Gasteiger partial charge in [-0.25, -0.2) is 4.79 Å². The van der Waals surface area contributed by atoms with Crippen LogP contribution in [0.3, 0.4) is 0 Å². The van der Waals surface area contributed by atoms with E-state index in [0.29, 0.717) is 28.8 Å². The zero-order valence-electron chi connectivity index (χ0n) is 19.8. The average molecular weight is 538 g/mol. The molecule has 11 heteroatoms. The summed E-state index contributed by atoms with van der Waals surface area (Å²) in [7, 11) is 0. The number of nitrogens with zero attached hydrogens (tertiary/aromatic N) is 4. The van der Waals surface area contributed by atoms with Crippen LogP contribution in [0, 0.1) is 0 Å². The molecule has 0 saturated carbocycles. The molecule has 1 fully saturated rings. The number of tetrazole rings is 1. The summed E-state index contributed by atoms with van der Waals surface area (Å²) in [5.41, 5.74) is 0.740. The molecule has 3 N–H and O–H groups in total. The number of anilines is 1. The predicted molar refractivity (Wildman–Crippen MR) is 142 cm³/mol. The second-order valence-corrected chi connectivity index (χ2v) is 9.90. The normalized spacial score (nSPS) is 21.3. The molecule has 0 radical (unpaired) electrons. The smallest absolute Gasteiger partial charge is 0.320 e. The quantitative estimate of drug-likeness (QED) is 0.431. The summed E-state index contributed by atoms with van der Waals surface area (Å²) < 4.78 is 0. The van der Waals surface area contributed by atoms with Gasteiger partial charge in [-0.2, -0.15) is 5.21 Å². The van der Waals surface area contributed by atoms with Crippen LogP contribution in [-0.2, 0) is 4.79 Å². The number of nitrogens with one attached hydrogen (secondary N) is 3. The van der Waals surface area contributed by atoms with E-state index in [0.717, 1.165) is 30.4 Å². The maximum atomic E-state index is 14.2. The molecule has 37 heavy (non-hydrogen) atoms. The number of urea groups is 1. The van der Waals surface area contributed by atoms with Crippen LogP contribution in [0.1, 0.15) is 36.6 Å². The molecule has 0 spiro atoms. The number of hydrogen-bond acceptors (Lipinski definition) is 5. The summed E-state index contributed by atoms with van der Waals surface area (Å²) in [5.74, 6) is -0.676. The van der Waals surface area contributed by atoms with Crippen molar-refractivity contribution in [2.75, 3.05) is 18.4 Å². The molecule has 0 bridgehead atoms. The Morgan fingerprint density at radius 1 is 1.03 bits per heavy atom. The minimum Gasteiger partial charge on any atom is -0.340 e. The van der Waals surface area contributed by atoms with Gasteiger partial charge in [0.05, 0.1) is 5.92 Å². The molecule has 2 aliphatic rings. The Morgan fingerprint density at radius 2 is 1.76 bits per heavy atom. The van der Waals surface area contributed by atoms with Crippen molar-refractivity contribution < 1.29 is 9.59 Å². The van der Waals surface area contributed by atoms with Crippen LogP contribution in [0.25, 0.3) is 5.57 Å². The molecule has 3 amide bonds. The Kier molecular flexibility index (Phi) is 7.25. The number of benzene rings is 2. The second kappa shape index (κ2) is 10.7. The molecule has 2 unspecified atom stereocenters. The molecule has 9 nitrogen and oxygen atoms in total. The van der Waals surface area contributed by atoms with Gasteiger partial charge in [0.15, 0.2) is 11.4 Å². The molecule has 5 rings (SSSR count). The zero-order chi connectivity index (χ0) is 25.8. The highest BCUT2D eigenvalue weighted by molar-refractivity contribution is 6.35. The molecule has 1 aromatic heterocycles. The number of rotatable bonds is 5. The number of carbonyl (C=O) groups excluding carboxylic acids is 2. The summed E-state index contributed by atoms with van der Waals surface area (Å²) in [6.07, 6.45) is 8.34. The van der Waals surface area contributed by atoms with Crippen molar-refractivity contribution in [3.05, 3.63) is 88.2 Å². The highest BCUT2D eigenvalue weighted by Crippen LogP contribution is 2.39. The van der Waals surface area contributed by atoms with Crippen molar-refractivity contribution in [3.63, 3.8) is 0 Å².